The molecule has 4 aromatic rings. The highest BCUT2D eigenvalue weighted by atomic mass is 19.3. The average Bonchev–Trinajstić information content (AvgIpc) is 3.42. The van der Waals surface area contributed by atoms with Crippen LogP contribution in [0.25, 0.3) is 22.4 Å². The van der Waals surface area contributed by atoms with E-state index < -0.39 is 12.6 Å². The number of amides is 1. The van der Waals surface area contributed by atoms with Crippen molar-refractivity contribution in [2.75, 3.05) is 7.11 Å². The number of hydrogen-bond acceptors (Lipinski definition) is 4. The van der Waals surface area contributed by atoms with Crippen molar-refractivity contribution in [3.05, 3.63) is 72.2 Å². The lowest BCUT2D eigenvalue weighted by Crippen LogP contribution is -2.29. The van der Waals surface area contributed by atoms with Crippen LogP contribution in [0, 0.1) is 0 Å². The second-order valence-electron chi connectivity index (χ2n) is 7.39. The monoisotopic (exact) mass is 439 g/mol. The third kappa shape index (κ3) is 4.49. The second-order valence-corrected chi connectivity index (χ2v) is 7.39. The summed E-state index contributed by atoms with van der Waals surface area (Å²) in [4.78, 5) is 16.7. The molecule has 1 unspecified atom stereocenters. The lowest BCUT2D eigenvalue weighted by atomic mass is 10.2. The normalized spacial score (nSPS) is 12.3. The van der Waals surface area contributed by atoms with E-state index in [0.717, 1.165) is 15.9 Å². The predicted molar refractivity (Wildman–Crippen MR) is 117 cm³/mol. The molecule has 8 heteroatoms. The van der Waals surface area contributed by atoms with Gasteiger partial charge in [0.05, 0.1) is 24.2 Å². The molecule has 1 N–H and O–H groups in total. The lowest BCUT2D eigenvalue weighted by Gasteiger charge is -2.15. The molecule has 1 atom stereocenters. The maximum absolute atomic E-state index is 13.6. The Hall–Kier alpha value is -3.68. The van der Waals surface area contributed by atoms with Crippen molar-refractivity contribution in [2.45, 2.75) is 32.4 Å². The number of nitrogens with zero attached hydrogens (tertiary/aromatic N) is 2. The number of alkyl halides is 2. The molecule has 0 aliphatic heterocycles. The first-order chi connectivity index (χ1) is 15.5. The number of para-hydroxylation sites is 2. The van der Waals surface area contributed by atoms with E-state index >= 15 is 0 Å². The molecule has 2 aromatic carbocycles. The zero-order chi connectivity index (χ0) is 22.7. The SMILES string of the molecule is COc1ccc(-c2ccc(CCC(=O)NC(C)c3nc4ccccc4n3C(F)F)o2)cc1. The number of carbonyl (C=O) groups is 1. The first-order valence-corrected chi connectivity index (χ1v) is 10.2. The molecule has 2 aromatic heterocycles. The number of imidazole rings is 1. The van der Waals surface area contributed by atoms with Crippen molar-refractivity contribution in [1.82, 2.24) is 14.9 Å². The molecule has 1 amide bonds. The highest BCUT2D eigenvalue weighted by Crippen LogP contribution is 2.27. The van der Waals surface area contributed by atoms with Crippen LogP contribution in [0.2, 0.25) is 0 Å². The zero-order valence-corrected chi connectivity index (χ0v) is 17.7. The highest BCUT2D eigenvalue weighted by molar-refractivity contribution is 5.78. The van der Waals surface area contributed by atoms with Gasteiger partial charge in [0.25, 0.3) is 0 Å². The van der Waals surface area contributed by atoms with Crippen molar-refractivity contribution in [3.63, 3.8) is 0 Å². The summed E-state index contributed by atoms with van der Waals surface area (Å²) < 4.78 is 39.1. The maximum atomic E-state index is 13.6. The number of hydrogen-bond donors (Lipinski definition) is 1. The minimum Gasteiger partial charge on any atom is -0.497 e. The Morgan fingerprint density at radius 3 is 2.59 bits per heavy atom. The largest absolute Gasteiger partial charge is 0.497 e. The third-order valence-corrected chi connectivity index (χ3v) is 5.22. The lowest BCUT2D eigenvalue weighted by molar-refractivity contribution is -0.121. The average molecular weight is 439 g/mol. The molecular weight excluding hydrogens is 416 g/mol. The van der Waals surface area contributed by atoms with Crippen molar-refractivity contribution < 1.29 is 22.7 Å². The molecule has 32 heavy (non-hydrogen) atoms. The first kappa shape index (κ1) is 21.5. The van der Waals surface area contributed by atoms with Crippen molar-refractivity contribution >= 4 is 16.9 Å². The van der Waals surface area contributed by atoms with Crippen LogP contribution >= 0.6 is 0 Å². The van der Waals surface area contributed by atoms with Crippen LogP contribution in [0.3, 0.4) is 0 Å². The molecule has 0 bridgehead atoms. The van der Waals surface area contributed by atoms with E-state index in [1.807, 2.05) is 36.4 Å². The van der Waals surface area contributed by atoms with Crippen LogP contribution < -0.4 is 10.1 Å². The van der Waals surface area contributed by atoms with Gasteiger partial charge in [-0.05, 0) is 55.5 Å². The van der Waals surface area contributed by atoms with E-state index in [9.17, 15) is 13.6 Å². The number of aryl methyl sites for hydroxylation is 1. The van der Waals surface area contributed by atoms with Crippen LogP contribution in [-0.4, -0.2) is 22.6 Å². The van der Waals surface area contributed by atoms with Crippen LogP contribution in [0.15, 0.2) is 65.1 Å². The smallest absolute Gasteiger partial charge is 0.320 e. The molecular formula is C24H23F2N3O3. The topological polar surface area (TPSA) is 69.3 Å². The molecule has 2 heterocycles. The van der Waals surface area contributed by atoms with Gasteiger partial charge >= 0.3 is 6.55 Å². The van der Waals surface area contributed by atoms with Crippen LogP contribution in [0.1, 0.15) is 37.5 Å². The fraction of sp³-hybridized carbons (Fsp3) is 0.250. The number of rotatable bonds is 8. The van der Waals surface area contributed by atoms with Gasteiger partial charge < -0.3 is 14.5 Å². The molecule has 0 saturated carbocycles. The minimum atomic E-state index is -2.75. The Kier molecular flexibility index (Phi) is 6.20. The molecule has 0 saturated heterocycles. The minimum absolute atomic E-state index is 0.120. The van der Waals surface area contributed by atoms with E-state index in [1.54, 1.807) is 38.3 Å². The number of halogens is 2. The Morgan fingerprint density at radius 2 is 1.88 bits per heavy atom. The Bertz CT molecular complexity index is 1210. The zero-order valence-electron chi connectivity index (χ0n) is 17.7. The number of ether oxygens (including phenoxy) is 1. The second kappa shape index (κ2) is 9.21. The number of methoxy groups -OCH3 is 1. The first-order valence-electron chi connectivity index (χ1n) is 10.2. The summed E-state index contributed by atoms with van der Waals surface area (Å²) in [5.41, 5.74) is 1.70. The van der Waals surface area contributed by atoms with Gasteiger partial charge in [-0.2, -0.15) is 8.78 Å². The molecule has 6 nitrogen and oxygen atoms in total. The van der Waals surface area contributed by atoms with E-state index in [1.165, 1.54) is 0 Å². The summed E-state index contributed by atoms with van der Waals surface area (Å²) in [6.45, 7) is -1.11. The number of carbonyl (C=O) groups excluding carboxylic acids is 1. The van der Waals surface area contributed by atoms with Crippen LogP contribution in [-0.2, 0) is 11.2 Å². The highest BCUT2D eigenvalue weighted by Gasteiger charge is 2.23. The Morgan fingerprint density at radius 1 is 1.12 bits per heavy atom. The standard InChI is InChI=1S/C24H23F2N3O3/c1-15(23-28-19-5-3-4-6-20(19)29(23)24(25)26)27-22(30)14-12-18-11-13-21(32-18)16-7-9-17(31-2)10-8-16/h3-11,13,15,24H,12,14H2,1-2H3,(H,27,30). The van der Waals surface area contributed by atoms with Gasteiger partial charge in [-0.1, -0.05) is 12.1 Å². The predicted octanol–water partition coefficient (Wildman–Crippen LogP) is 5.51. The van der Waals surface area contributed by atoms with E-state index in [0.29, 0.717) is 29.0 Å². The van der Waals surface area contributed by atoms with Gasteiger partial charge in [0.2, 0.25) is 5.91 Å². The van der Waals surface area contributed by atoms with Gasteiger partial charge in [-0.25, -0.2) is 4.98 Å². The summed E-state index contributed by atoms with van der Waals surface area (Å²) in [6.07, 6.45) is 0.550. The van der Waals surface area contributed by atoms with Gasteiger partial charge in [-0.3, -0.25) is 9.36 Å². The van der Waals surface area contributed by atoms with E-state index in [2.05, 4.69) is 10.3 Å². The summed E-state index contributed by atoms with van der Waals surface area (Å²) in [6, 6.07) is 17.2. The van der Waals surface area contributed by atoms with Crippen molar-refractivity contribution in [1.29, 1.82) is 0 Å². The molecule has 4 rings (SSSR count). The number of aromatic nitrogens is 2. The van der Waals surface area contributed by atoms with Gasteiger partial charge in [-0.15, -0.1) is 0 Å². The molecule has 166 valence electrons. The fourth-order valence-corrected chi connectivity index (χ4v) is 3.61. The molecule has 0 aliphatic carbocycles. The maximum Gasteiger partial charge on any atom is 0.320 e. The van der Waals surface area contributed by atoms with Crippen molar-refractivity contribution in [3.8, 4) is 17.1 Å². The number of nitrogens with one attached hydrogen (secondary N) is 1. The molecule has 0 spiro atoms. The van der Waals surface area contributed by atoms with E-state index in [-0.39, 0.29) is 18.2 Å². The molecule has 0 aliphatic rings. The molecule has 0 radical (unpaired) electrons. The summed E-state index contributed by atoms with van der Waals surface area (Å²) in [5, 5.41) is 2.76. The Labute approximate surface area is 183 Å². The number of furan rings is 1. The third-order valence-electron chi connectivity index (χ3n) is 5.22. The van der Waals surface area contributed by atoms with Gasteiger partial charge in [0.1, 0.15) is 23.1 Å². The summed E-state index contributed by atoms with van der Waals surface area (Å²) >= 11 is 0. The number of fused-ring (bicyclic) bond motifs is 1. The van der Waals surface area contributed by atoms with Gasteiger partial charge in [0.15, 0.2) is 0 Å². The van der Waals surface area contributed by atoms with Crippen LogP contribution in [0.5, 0.6) is 5.75 Å². The summed E-state index contributed by atoms with van der Waals surface area (Å²) in [7, 11) is 1.61. The van der Waals surface area contributed by atoms with E-state index in [4.69, 9.17) is 9.15 Å². The quantitative estimate of drug-likeness (QED) is 0.393. The summed E-state index contributed by atoms with van der Waals surface area (Å²) in [5.74, 6) is 1.97. The van der Waals surface area contributed by atoms with Crippen molar-refractivity contribution in [2.24, 2.45) is 0 Å². The molecule has 0 fully saturated rings. The Balaban J connectivity index is 1.39. The number of benzene rings is 2. The fourth-order valence-electron chi connectivity index (χ4n) is 3.61. The van der Waals surface area contributed by atoms with Gasteiger partial charge in [0, 0.05) is 18.4 Å². The van der Waals surface area contributed by atoms with Crippen LogP contribution in [0.4, 0.5) is 8.78 Å².